The maximum Gasteiger partial charge on any atom is 0.418 e. The summed E-state index contributed by atoms with van der Waals surface area (Å²) in [6.45, 7) is 1.70. The Labute approximate surface area is 212 Å². The molecule has 2 heterocycles. The minimum atomic E-state index is -4.64. The molecule has 0 unspecified atom stereocenters. The number of para-hydroxylation sites is 1. The number of allylic oxidation sites excluding steroid dienone is 3. The predicted octanol–water partition coefficient (Wildman–Crippen LogP) is 6.10. The standard InChI is InChI=1S/C29H24F3N3O2/c1-17-25(28(37)35-22-12-6-5-11-21(22)29(30,31)32)26(19-10-7-13-33-16-19)27-23(34-17)14-20(15-24(27)36)18-8-3-2-4-9-18/h2-13,16,20,26,34H,14-15H2,1H3,(H,35,37)/t20-,26+/m0/s1. The average Bonchev–Trinajstić information content (AvgIpc) is 2.88. The van der Waals surface area contributed by atoms with Gasteiger partial charge in [-0.1, -0.05) is 48.5 Å². The highest BCUT2D eigenvalue weighted by molar-refractivity contribution is 6.10. The Bertz CT molecular complexity index is 1410. The third-order valence-electron chi connectivity index (χ3n) is 6.84. The van der Waals surface area contributed by atoms with E-state index in [2.05, 4.69) is 15.6 Å². The summed E-state index contributed by atoms with van der Waals surface area (Å²) in [7, 11) is 0. The highest BCUT2D eigenvalue weighted by Crippen LogP contribution is 2.45. The molecular formula is C29H24F3N3O2. The number of benzene rings is 2. The largest absolute Gasteiger partial charge is 0.418 e. The van der Waals surface area contributed by atoms with Crippen LogP contribution >= 0.6 is 0 Å². The van der Waals surface area contributed by atoms with Crippen LogP contribution < -0.4 is 10.6 Å². The number of Topliss-reactive ketones (excluding diaryl/α,β-unsaturated/α-hetero) is 1. The van der Waals surface area contributed by atoms with E-state index < -0.39 is 23.6 Å². The Morgan fingerprint density at radius 2 is 1.68 bits per heavy atom. The van der Waals surface area contributed by atoms with Gasteiger partial charge in [-0.15, -0.1) is 0 Å². The molecule has 0 spiro atoms. The third-order valence-corrected chi connectivity index (χ3v) is 6.84. The number of carbonyl (C=O) groups is 2. The Kier molecular flexibility index (Phi) is 6.41. The molecule has 1 aromatic heterocycles. The lowest BCUT2D eigenvalue weighted by Crippen LogP contribution is -2.37. The van der Waals surface area contributed by atoms with Crippen molar-refractivity contribution in [3.63, 3.8) is 0 Å². The molecule has 3 aromatic rings. The van der Waals surface area contributed by atoms with Crippen LogP contribution in [-0.2, 0) is 15.8 Å². The van der Waals surface area contributed by atoms with Gasteiger partial charge in [-0.2, -0.15) is 13.2 Å². The molecule has 0 saturated carbocycles. The number of hydrogen-bond donors (Lipinski definition) is 2. The van der Waals surface area contributed by atoms with Crippen LogP contribution in [0.4, 0.5) is 18.9 Å². The van der Waals surface area contributed by atoms with Crippen LogP contribution in [0, 0.1) is 0 Å². The number of hydrogen-bond acceptors (Lipinski definition) is 4. The molecule has 1 aliphatic heterocycles. The van der Waals surface area contributed by atoms with Crippen molar-refractivity contribution >= 4 is 17.4 Å². The fourth-order valence-corrected chi connectivity index (χ4v) is 5.21. The molecule has 1 aliphatic carbocycles. The molecule has 8 heteroatoms. The van der Waals surface area contributed by atoms with Gasteiger partial charge in [-0.05, 0) is 48.6 Å². The number of pyridine rings is 1. The van der Waals surface area contributed by atoms with Gasteiger partial charge in [-0.3, -0.25) is 14.6 Å². The quantitative estimate of drug-likeness (QED) is 0.451. The third kappa shape index (κ3) is 4.79. The first-order valence-corrected chi connectivity index (χ1v) is 11.9. The van der Waals surface area contributed by atoms with Crippen molar-refractivity contribution in [2.45, 2.75) is 37.8 Å². The van der Waals surface area contributed by atoms with E-state index in [1.54, 1.807) is 31.5 Å². The van der Waals surface area contributed by atoms with E-state index in [0.717, 1.165) is 17.3 Å². The van der Waals surface area contributed by atoms with E-state index in [-0.39, 0.29) is 29.4 Å². The number of alkyl halides is 3. The van der Waals surface area contributed by atoms with E-state index in [1.165, 1.54) is 18.2 Å². The van der Waals surface area contributed by atoms with Crippen molar-refractivity contribution in [2.75, 3.05) is 5.32 Å². The number of aromatic nitrogens is 1. The predicted molar refractivity (Wildman–Crippen MR) is 133 cm³/mol. The number of nitrogens with one attached hydrogen (secondary N) is 2. The molecule has 188 valence electrons. The molecule has 0 saturated heterocycles. The smallest absolute Gasteiger partial charge is 0.362 e. The van der Waals surface area contributed by atoms with Gasteiger partial charge < -0.3 is 10.6 Å². The van der Waals surface area contributed by atoms with Crippen molar-refractivity contribution < 1.29 is 22.8 Å². The van der Waals surface area contributed by atoms with Gasteiger partial charge >= 0.3 is 6.18 Å². The number of nitrogens with zero attached hydrogens (tertiary/aromatic N) is 1. The van der Waals surface area contributed by atoms with Crippen molar-refractivity contribution in [3.05, 3.63) is 118 Å². The highest BCUT2D eigenvalue weighted by Gasteiger charge is 2.41. The lowest BCUT2D eigenvalue weighted by molar-refractivity contribution is -0.137. The SMILES string of the molecule is CC1=C(C(=O)Nc2ccccc2C(F)(F)F)[C@@H](c2cccnc2)C2=C(C[C@H](c3ccccc3)CC2=O)N1. The lowest BCUT2D eigenvalue weighted by Gasteiger charge is -2.37. The Balaban J connectivity index is 1.55. The number of rotatable bonds is 4. The Morgan fingerprint density at radius 3 is 2.38 bits per heavy atom. The highest BCUT2D eigenvalue weighted by atomic mass is 19.4. The minimum absolute atomic E-state index is 0.0173. The van der Waals surface area contributed by atoms with Gasteiger partial charge in [0.25, 0.3) is 5.91 Å². The number of anilines is 1. The molecule has 1 amide bonds. The molecule has 2 aliphatic rings. The average molecular weight is 504 g/mol. The monoisotopic (exact) mass is 503 g/mol. The Hall–Kier alpha value is -4.20. The van der Waals surface area contributed by atoms with Crippen LogP contribution in [0.5, 0.6) is 0 Å². The van der Waals surface area contributed by atoms with Crippen molar-refractivity contribution in [3.8, 4) is 0 Å². The first-order chi connectivity index (χ1) is 17.7. The van der Waals surface area contributed by atoms with E-state index in [0.29, 0.717) is 23.3 Å². The van der Waals surface area contributed by atoms with Crippen LogP contribution in [0.3, 0.4) is 0 Å². The summed E-state index contributed by atoms with van der Waals surface area (Å²) in [4.78, 5) is 31.3. The zero-order valence-electron chi connectivity index (χ0n) is 20.0. The maximum atomic E-state index is 13.6. The van der Waals surface area contributed by atoms with E-state index in [4.69, 9.17) is 0 Å². The first-order valence-electron chi connectivity index (χ1n) is 11.9. The van der Waals surface area contributed by atoms with Gasteiger partial charge in [0.15, 0.2) is 5.78 Å². The van der Waals surface area contributed by atoms with E-state index in [9.17, 15) is 22.8 Å². The fourth-order valence-electron chi connectivity index (χ4n) is 5.21. The molecule has 5 nitrogen and oxygen atoms in total. The van der Waals surface area contributed by atoms with Gasteiger partial charge in [0.2, 0.25) is 0 Å². The molecule has 5 rings (SSSR count). The molecule has 0 bridgehead atoms. The van der Waals surface area contributed by atoms with Crippen LogP contribution in [0.25, 0.3) is 0 Å². The van der Waals surface area contributed by atoms with Gasteiger partial charge in [0, 0.05) is 47.3 Å². The summed E-state index contributed by atoms with van der Waals surface area (Å²) in [5.74, 6) is -1.59. The van der Waals surface area contributed by atoms with Crippen LogP contribution in [0.2, 0.25) is 0 Å². The summed E-state index contributed by atoms with van der Waals surface area (Å²) in [5, 5.41) is 5.70. The lowest BCUT2D eigenvalue weighted by atomic mass is 9.72. The molecule has 2 N–H and O–H groups in total. The van der Waals surface area contributed by atoms with E-state index >= 15 is 0 Å². The molecule has 2 aromatic carbocycles. The number of halogens is 3. The zero-order chi connectivity index (χ0) is 26.2. The van der Waals surface area contributed by atoms with Crippen LogP contribution in [0.15, 0.2) is 102 Å². The van der Waals surface area contributed by atoms with Crippen molar-refractivity contribution in [1.29, 1.82) is 0 Å². The molecule has 2 atom stereocenters. The number of amides is 1. The van der Waals surface area contributed by atoms with Gasteiger partial charge in [0.1, 0.15) is 0 Å². The Morgan fingerprint density at radius 1 is 0.973 bits per heavy atom. The van der Waals surface area contributed by atoms with Gasteiger partial charge in [0.05, 0.1) is 11.3 Å². The van der Waals surface area contributed by atoms with Gasteiger partial charge in [-0.25, -0.2) is 0 Å². The van der Waals surface area contributed by atoms with Crippen LogP contribution in [0.1, 0.15) is 48.3 Å². The zero-order valence-corrected chi connectivity index (χ0v) is 20.0. The first kappa shape index (κ1) is 24.5. The molecule has 0 fully saturated rings. The van der Waals surface area contributed by atoms with Crippen molar-refractivity contribution in [2.24, 2.45) is 0 Å². The topological polar surface area (TPSA) is 71.1 Å². The second-order valence-corrected chi connectivity index (χ2v) is 9.21. The van der Waals surface area contributed by atoms with Crippen molar-refractivity contribution in [1.82, 2.24) is 10.3 Å². The minimum Gasteiger partial charge on any atom is -0.362 e. The number of carbonyl (C=O) groups excluding carboxylic acids is 2. The number of ketones is 1. The maximum absolute atomic E-state index is 13.6. The second kappa shape index (κ2) is 9.69. The van der Waals surface area contributed by atoms with E-state index in [1.807, 2.05) is 30.3 Å². The summed E-state index contributed by atoms with van der Waals surface area (Å²) < 4.78 is 40.7. The summed E-state index contributed by atoms with van der Waals surface area (Å²) in [6.07, 6.45) is -0.620. The molecular weight excluding hydrogens is 479 g/mol. The second-order valence-electron chi connectivity index (χ2n) is 9.21. The fraction of sp³-hybridized carbons (Fsp3) is 0.207. The number of dihydropyridines is 1. The molecule has 37 heavy (non-hydrogen) atoms. The van der Waals surface area contributed by atoms with Crippen LogP contribution in [-0.4, -0.2) is 16.7 Å². The summed E-state index contributed by atoms with van der Waals surface area (Å²) >= 11 is 0. The normalized spacial score (nSPS) is 19.8. The summed E-state index contributed by atoms with van der Waals surface area (Å²) in [5.41, 5.74) is 2.24. The summed E-state index contributed by atoms with van der Waals surface area (Å²) in [6, 6.07) is 18.1. The molecule has 0 radical (unpaired) electrons.